The number of nitro groups is 1. The van der Waals surface area contributed by atoms with E-state index in [1.54, 1.807) is 13.1 Å². The lowest BCUT2D eigenvalue weighted by Gasteiger charge is -2.24. The van der Waals surface area contributed by atoms with Crippen LogP contribution in [0.25, 0.3) is 0 Å². The zero-order valence-corrected chi connectivity index (χ0v) is 20.6. The normalized spacial score (nSPS) is 13.7. The highest BCUT2D eigenvalue weighted by Gasteiger charge is 2.28. The van der Waals surface area contributed by atoms with Gasteiger partial charge in [-0.2, -0.15) is 0 Å². The third-order valence-electron chi connectivity index (χ3n) is 5.07. The summed E-state index contributed by atoms with van der Waals surface area (Å²) in [6.45, 7) is 5.48. The van der Waals surface area contributed by atoms with E-state index < -0.39 is 35.0 Å². The largest absolute Gasteiger partial charge is 0.375 e. The summed E-state index contributed by atoms with van der Waals surface area (Å²) in [6, 6.07) is 6.69. The monoisotopic (exact) mass is 505 g/mol. The molecular formula is C23H35N7O6. The van der Waals surface area contributed by atoms with Crippen molar-refractivity contribution < 1.29 is 24.2 Å². The number of guanidine groups is 1. The minimum atomic E-state index is -0.946. The zero-order valence-electron chi connectivity index (χ0n) is 20.6. The molecule has 0 saturated heterocycles. The Kier molecular flexibility index (Phi) is 14.0. The molecule has 1 aromatic carbocycles. The maximum Gasteiger partial charge on any atom is 0.266 e. The second-order valence-electron chi connectivity index (χ2n) is 7.88. The van der Waals surface area contributed by atoms with Crippen LogP contribution in [0.4, 0.5) is 0 Å². The highest BCUT2D eigenvalue weighted by Crippen LogP contribution is 2.06. The van der Waals surface area contributed by atoms with Crippen LogP contribution in [0.2, 0.25) is 0 Å². The summed E-state index contributed by atoms with van der Waals surface area (Å²) in [5.41, 5.74) is 6.19. The van der Waals surface area contributed by atoms with Gasteiger partial charge in [0.1, 0.15) is 17.2 Å². The van der Waals surface area contributed by atoms with Crippen LogP contribution in [0, 0.1) is 10.1 Å². The van der Waals surface area contributed by atoms with Crippen molar-refractivity contribution in [1.29, 1.82) is 0 Å². The first-order chi connectivity index (χ1) is 17.2. The Morgan fingerprint density at radius 2 is 1.81 bits per heavy atom. The molecule has 0 heterocycles. The predicted molar refractivity (Wildman–Crippen MR) is 134 cm³/mol. The number of ketones is 1. The van der Waals surface area contributed by atoms with Crippen molar-refractivity contribution in [1.82, 2.24) is 21.3 Å². The molecule has 2 amide bonds. The number of carbonyl (C=O) groups is 3. The van der Waals surface area contributed by atoms with Crippen LogP contribution in [-0.2, 0) is 25.5 Å². The molecule has 3 atom stereocenters. The van der Waals surface area contributed by atoms with Gasteiger partial charge in [0.15, 0.2) is 10.8 Å². The first-order valence-electron chi connectivity index (χ1n) is 11.4. The van der Waals surface area contributed by atoms with Gasteiger partial charge in [-0.3, -0.25) is 14.4 Å². The van der Waals surface area contributed by atoms with E-state index in [4.69, 9.17) is 10.5 Å². The number of hydrazone groups is 1. The Morgan fingerprint density at radius 1 is 1.17 bits per heavy atom. The fraction of sp³-hybridized carbons (Fsp3) is 0.478. The summed E-state index contributed by atoms with van der Waals surface area (Å²) in [5, 5.41) is 23.2. The molecule has 0 aliphatic rings. The van der Waals surface area contributed by atoms with Crippen LogP contribution in [-0.4, -0.2) is 73.5 Å². The molecule has 1 aromatic rings. The number of benzene rings is 1. The molecule has 0 aromatic heterocycles. The number of ether oxygens (including phenoxy) is 1. The third-order valence-corrected chi connectivity index (χ3v) is 5.07. The molecule has 0 unspecified atom stereocenters. The summed E-state index contributed by atoms with van der Waals surface area (Å²) < 4.78 is 5.36. The minimum Gasteiger partial charge on any atom is -0.375 e. The lowest BCUT2D eigenvalue weighted by atomic mass is 10.0. The van der Waals surface area contributed by atoms with E-state index >= 15 is 0 Å². The summed E-state index contributed by atoms with van der Waals surface area (Å²) in [7, 11) is 1.61. The lowest BCUT2D eigenvalue weighted by Crippen LogP contribution is -2.56. The Morgan fingerprint density at radius 3 is 2.39 bits per heavy atom. The number of hydrogen-bond acceptors (Lipinski definition) is 7. The van der Waals surface area contributed by atoms with Crippen molar-refractivity contribution in [3.05, 3.63) is 58.7 Å². The van der Waals surface area contributed by atoms with E-state index in [-0.39, 0.29) is 44.3 Å². The molecule has 13 heteroatoms. The Hall–Kier alpha value is -3.84. The second-order valence-corrected chi connectivity index (χ2v) is 7.88. The molecule has 0 saturated carbocycles. The molecule has 0 radical (unpaired) electrons. The van der Waals surface area contributed by atoms with E-state index in [2.05, 4.69) is 32.9 Å². The number of Topliss-reactive ketones (excluding diaryl/α,β-unsaturated/α-hetero) is 1. The second kappa shape index (κ2) is 16.7. The van der Waals surface area contributed by atoms with Gasteiger partial charge in [0.05, 0.1) is 19.3 Å². The lowest BCUT2D eigenvalue weighted by molar-refractivity contribution is -0.485. The van der Waals surface area contributed by atoms with Crippen molar-refractivity contribution in [3.8, 4) is 0 Å². The van der Waals surface area contributed by atoms with Crippen molar-refractivity contribution >= 4 is 23.6 Å². The molecule has 36 heavy (non-hydrogen) atoms. The fourth-order valence-electron chi connectivity index (χ4n) is 3.19. The first-order valence-corrected chi connectivity index (χ1v) is 11.4. The van der Waals surface area contributed by atoms with Crippen molar-refractivity contribution in [2.45, 2.75) is 44.3 Å². The van der Waals surface area contributed by atoms with E-state index in [1.807, 2.05) is 30.3 Å². The van der Waals surface area contributed by atoms with Crippen LogP contribution in [0.3, 0.4) is 0 Å². The smallest absolute Gasteiger partial charge is 0.266 e. The van der Waals surface area contributed by atoms with E-state index in [1.165, 1.54) is 6.92 Å². The van der Waals surface area contributed by atoms with Crippen molar-refractivity contribution in [2.24, 2.45) is 10.8 Å². The molecule has 0 fully saturated rings. The molecule has 0 spiro atoms. The number of rotatable bonds is 17. The Bertz CT molecular complexity index is 909. The molecule has 6 N–H and O–H groups in total. The standard InChI is InChI=1S/C23H35N7O6/c1-4-13-36-15-20(25-3)22(33)28-19(14-17-9-6-5-7-10-17)21(32)27-18(16(2)31)11-8-12-26-23(24)29-30(34)35/h4-7,9-10,18-20,25H,1,8,11-15H2,2-3H3,(H,27,32)(H,28,33)(H3,24,26,29)/t18-,19+,20-/m0/s1. The van der Waals surface area contributed by atoms with E-state index in [9.17, 15) is 24.5 Å². The summed E-state index contributed by atoms with van der Waals surface area (Å²) in [5.74, 6) is -1.57. The van der Waals surface area contributed by atoms with Crippen LogP contribution >= 0.6 is 0 Å². The Balaban J connectivity index is 2.86. The number of likely N-dealkylation sites (N-methyl/N-ethyl adjacent to an activating group) is 1. The van der Waals surface area contributed by atoms with Gasteiger partial charge in [-0.25, -0.2) is 10.1 Å². The van der Waals surface area contributed by atoms with Gasteiger partial charge in [-0.15, -0.1) is 6.58 Å². The van der Waals surface area contributed by atoms with Crippen LogP contribution < -0.4 is 27.0 Å². The summed E-state index contributed by atoms with van der Waals surface area (Å²) in [4.78, 5) is 48.5. The Labute approximate surface area is 210 Å². The molecule has 0 bridgehead atoms. The average Bonchev–Trinajstić information content (AvgIpc) is 2.83. The van der Waals surface area contributed by atoms with Gasteiger partial charge in [0.25, 0.3) is 5.96 Å². The van der Waals surface area contributed by atoms with Crippen LogP contribution in [0.15, 0.2) is 48.1 Å². The molecule has 0 aliphatic heterocycles. The molecule has 198 valence electrons. The van der Waals surface area contributed by atoms with Crippen LogP contribution in [0.5, 0.6) is 0 Å². The minimum absolute atomic E-state index is 0.0833. The zero-order chi connectivity index (χ0) is 26.9. The number of carbonyl (C=O) groups excluding carboxylic acids is 3. The summed E-state index contributed by atoms with van der Waals surface area (Å²) in [6.07, 6.45) is 2.40. The first kappa shape index (κ1) is 30.2. The van der Waals surface area contributed by atoms with Gasteiger partial charge < -0.3 is 31.7 Å². The highest BCUT2D eigenvalue weighted by atomic mass is 16.7. The number of nitrogens with zero attached hydrogens (tertiary/aromatic N) is 2. The van der Waals surface area contributed by atoms with Crippen molar-refractivity contribution in [2.75, 3.05) is 26.8 Å². The quantitative estimate of drug-likeness (QED) is 0.0462. The van der Waals surface area contributed by atoms with E-state index in [0.717, 1.165) is 5.56 Å². The molecule has 13 nitrogen and oxygen atoms in total. The number of nitrogens with two attached hydrogens (primary N) is 1. The molecule has 1 rings (SSSR count). The van der Waals surface area contributed by atoms with Crippen LogP contribution in [0.1, 0.15) is 25.3 Å². The van der Waals surface area contributed by atoms with Gasteiger partial charge in [-0.1, -0.05) is 36.4 Å². The van der Waals surface area contributed by atoms with Gasteiger partial charge in [0.2, 0.25) is 11.8 Å². The average molecular weight is 506 g/mol. The van der Waals surface area contributed by atoms with Gasteiger partial charge in [-0.05, 0) is 32.4 Å². The number of amides is 2. The third kappa shape index (κ3) is 12.0. The van der Waals surface area contributed by atoms with Gasteiger partial charge in [0, 0.05) is 13.0 Å². The number of nitrogens with one attached hydrogen (secondary N) is 4. The SMILES string of the molecule is C=CCOC[C@H](NC)C(=O)N[C@H](Cc1ccccc1)C(=O)N[C@@H](CCCN/C(N)=N\[N+](=O)[O-])C(C)=O. The van der Waals surface area contributed by atoms with Crippen molar-refractivity contribution in [3.63, 3.8) is 0 Å². The number of hydrogen-bond donors (Lipinski definition) is 5. The molecule has 0 aliphatic carbocycles. The van der Waals surface area contributed by atoms with E-state index in [0.29, 0.717) is 6.42 Å². The maximum atomic E-state index is 13.2. The molecular weight excluding hydrogens is 470 g/mol. The topological polar surface area (TPSA) is 190 Å². The van der Waals surface area contributed by atoms with Gasteiger partial charge >= 0.3 is 0 Å². The highest BCUT2D eigenvalue weighted by molar-refractivity contribution is 5.93. The maximum absolute atomic E-state index is 13.2. The fourth-order valence-corrected chi connectivity index (χ4v) is 3.19. The summed E-state index contributed by atoms with van der Waals surface area (Å²) >= 11 is 0. The predicted octanol–water partition coefficient (Wildman–Crippen LogP) is -0.545.